The average Bonchev–Trinajstić information content (AvgIpc) is 3.09. The maximum Gasteiger partial charge on any atom is 0.274 e. The summed E-state index contributed by atoms with van der Waals surface area (Å²) in [4.78, 5) is 21.6. The van der Waals surface area contributed by atoms with E-state index in [2.05, 4.69) is 4.98 Å². The Balaban J connectivity index is 1.66. The lowest BCUT2D eigenvalue weighted by molar-refractivity contribution is 0.0405. The molecule has 0 saturated carbocycles. The Morgan fingerprint density at radius 3 is 2.86 bits per heavy atom. The molecule has 1 amide bonds. The summed E-state index contributed by atoms with van der Waals surface area (Å²) in [6, 6.07) is -0.373. The van der Waals surface area contributed by atoms with Crippen molar-refractivity contribution in [3.8, 4) is 0 Å². The molecule has 4 heterocycles. The van der Waals surface area contributed by atoms with Crippen LogP contribution in [0, 0.1) is 0 Å². The van der Waals surface area contributed by atoms with Crippen molar-refractivity contribution in [3.63, 3.8) is 0 Å². The molecule has 0 aliphatic carbocycles. The third kappa shape index (κ3) is 2.15. The van der Waals surface area contributed by atoms with Gasteiger partial charge in [-0.25, -0.2) is 13.4 Å². The zero-order valence-electron chi connectivity index (χ0n) is 12.0. The molecule has 0 radical (unpaired) electrons. The van der Waals surface area contributed by atoms with E-state index < -0.39 is 9.84 Å². The van der Waals surface area contributed by atoms with Crippen molar-refractivity contribution in [2.45, 2.75) is 12.1 Å². The Morgan fingerprint density at radius 2 is 2.09 bits per heavy atom. The number of hydrogen-bond donors (Lipinski definition) is 0. The smallest absolute Gasteiger partial charge is 0.274 e. The minimum Gasteiger partial charge on any atom is -0.330 e. The Hall–Kier alpha value is -1.45. The van der Waals surface area contributed by atoms with Crippen LogP contribution in [0.1, 0.15) is 10.5 Å². The standard InChI is InChI=1S/C13H16N4O3S2/c1-15-2-3-17(11-8-22(19,20)7-10(11)15)12(18)9-6-16-4-5-21-13(16)14-9/h4-6,10-11H,2-3,7-8H2,1H3/t10-,11+/m1/s1. The molecule has 0 spiro atoms. The lowest BCUT2D eigenvalue weighted by atomic mass is 10.1. The van der Waals surface area contributed by atoms with Crippen LogP contribution in [0.2, 0.25) is 0 Å². The fourth-order valence-corrected chi connectivity index (χ4v) is 6.11. The molecule has 2 fully saturated rings. The lowest BCUT2D eigenvalue weighted by Crippen LogP contribution is -2.59. The minimum absolute atomic E-state index is 0.0516. The number of rotatable bonds is 1. The molecule has 9 heteroatoms. The number of sulfone groups is 1. The summed E-state index contributed by atoms with van der Waals surface area (Å²) in [6.45, 7) is 1.22. The first-order chi connectivity index (χ1) is 10.4. The third-order valence-corrected chi connectivity index (χ3v) is 7.00. The van der Waals surface area contributed by atoms with Crippen LogP contribution >= 0.6 is 11.3 Å². The van der Waals surface area contributed by atoms with Crippen molar-refractivity contribution in [3.05, 3.63) is 23.5 Å². The summed E-state index contributed by atoms with van der Waals surface area (Å²) in [7, 11) is -1.16. The zero-order chi connectivity index (χ0) is 15.5. The maximum atomic E-state index is 12.8. The third-order valence-electron chi connectivity index (χ3n) is 4.53. The summed E-state index contributed by atoms with van der Waals surface area (Å²) in [5.74, 6) is 0.0164. The van der Waals surface area contributed by atoms with Crippen LogP contribution in [0.25, 0.3) is 4.96 Å². The monoisotopic (exact) mass is 340 g/mol. The Bertz CT molecular complexity index is 812. The van der Waals surface area contributed by atoms with Crippen molar-refractivity contribution < 1.29 is 13.2 Å². The van der Waals surface area contributed by atoms with Crippen molar-refractivity contribution in [2.75, 3.05) is 31.6 Å². The number of nitrogens with zero attached hydrogens (tertiary/aromatic N) is 4. The number of carbonyl (C=O) groups is 1. The number of fused-ring (bicyclic) bond motifs is 2. The molecule has 4 rings (SSSR count). The quantitative estimate of drug-likeness (QED) is 0.728. The molecule has 2 atom stereocenters. The molecule has 0 aromatic carbocycles. The molecule has 2 aliphatic heterocycles. The van der Waals surface area contributed by atoms with E-state index in [9.17, 15) is 13.2 Å². The van der Waals surface area contributed by atoms with Gasteiger partial charge in [-0.1, -0.05) is 0 Å². The molecule has 118 valence electrons. The van der Waals surface area contributed by atoms with Crippen molar-refractivity contribution >= 4 is 32.0 Å². The van der Waals surface area contributed by atoms with Gasteiger partial charge in [0.25, 0.3) is 5.91 Å². The highest BCUT2D eigenvalue weighted by Gasteiger charge is 2.47. The normalized spacial score (nSPS) is 28.1. The summed E-state index contributed by atoms with van der Waals surface area (Å²) in [5.41, 5.74) is 0.388. The molecule has 0 N–H and O–H groups in total. The molecule has 2 aromatic rings. The largest absolute Gasteiger partial charge is 0.330 e. The van der Waals surface area contributed by atoms with Gasteiger partial charge in [0.2, 0.25) is 0 Å². The van der Waals surface area contributed by atoms with Gasteiger partial charge in [0.15, 0.2) is 14.8 Å². The molecule has 2 saturated heterocycles. The first kappa shape index (κ1) is 14.2. The van der Waals surface area contributed by atoms with Gasteiger partial charge in [-0.15, -0.1) is 11.3 Å². The van der Waals surface area contributed by atoms with Gasteiger partial charge < -0.3 is 4.90 Å². The lowest BCUT2D eigenvalue weighted by Gasteiger charge is -2.41. The summed E-state index contributed by atoms with van der Waals surface area (Å²) < 4.78 is 25.7. The maximum absolute atomic E-state index is 12.8. The van der Waals surface area contributed by atoms with Crippen LogP contribution in [0.4, 0.5) is 0 Å². The fourth-order valence-electron chi connectivity index (χ4n) is 3.36. The van der Waals surface area contributed by atoms with Crippen LogP contribution in [-0.2, 0) is 9.84 Å². The van der Waals surface area contributed by atoms with Crippen molar-refractivity contribution in [1.29, 1.82) is 0 Å². The van der Waals surface area contributed by atoms with Crippen LogP contribution in [0.3, 0.4) is 0 Å². The van der Waals surface area contributed by atoms with Crippen LogP contribution in [-0.4, -0.2) is 77.2 Å². The zero-order valence-corrected chi connectivity index (χ0v) is 13.7. The highest BCUT2D eigenvalue weighted by Crippen LogP contribution is 2.27. The molecule has 22 heavy (non-hydrogen) atoms. The second-order valence-corrected chi connectivity index (χ2v) is 8.94. The topological polar surface area (TPSA) is 75.0 Å². The summed E-state index contributed by atoms with van der Waals surface area (Å²) >= 11 is 1.47. The Kier molecular flexibility index (Phi) is 3.07. The molecule has 2 aliphatic rings. The van der Waals surface area contributed by atoms with E-state index in [0.717, 1.165) is 4.96 Å². The van der Waals surface area contributed by atoms with E-state index in [1.807, 2.05) is 27.9 Å². The van der Waals surface area contributed by atoms with Gasteiger partial charge in [-0.3, -0.25) is 14.1 Å². The molecule has 0 bridgehead atoms. The van der Waals surface area contributed by atoms with E-state index in [1.54, 1.807) is 11.1 Å². The average molecular weight is 340 g/mol. The predicted molar refractivity (Wildman–Crippen MR) is 83.0 cm³/mol. The van der Waals surface area contributed by atoms with E-state index >= 15 is 0 Å². The molecular formula is C13H16N4O3S2. The summed E-state index contributed by atoms with van der Waals surface area (Å²) in [6.07, 6.45) is 3.57. The number of aromatic nitrogens is 2. The van der Waals surface area contributed by atoms with Gasteiger partial charge in [0.1, 0.15) is 5.69 Å². The van der Waals surface area contributed by atoms with Crippen LogP contribution in [0.5, 0.6) is 0 Å². The first-order valence-electron chi connectivity index (χ1n) is 7.08. The van der Waals surface area contributed by atoms with Crippen LogP contribution < -0.4 is 0 Å². The van der Waals surface area contributed by atoms with Gasteiger partial charge in [-0.2, -0.15) is 0 Å². The minimum atomic E-state index is -3.08. The number of amides is 1. The van der Waals surface area contributed by atoms with E-state index in [4.69, 9.17) is 0 Å². The molecular weight excluding hydrogens is 324 g/mol. The molecule has 2 aromatic heterocycles. The number of hydrogen-bond acceptors (Lipinski definition) is 6. The number of likely N-dealkylation sites (N-methyl/N-ethyl adjacent to an activating group) is 1. The van der Waals surface area contributed by atoms with E-state index in [0.29, 0.717) is 18.8 Å². The number of imidazole rings is 1. The van der Waals surface area contributed by atoms with Gasteiger partial charge in [0, 0.05) is 36.9 Å². The SMILES string of the molecule is CN1CCN(C(=O)c2cn3ccsc3n2)[C@H]2CS(=O)(=O)C[C@H]21. The van der Waals surface area contributed by atoms with E-state index in [-0.39, 0.29) is 29.5 Å². The van der Waals surface area contributed by atoms with Crippen molar-refractivity contribution in [2.24, 2.45) is 0 Å². The van der Waals surface area contributed by atoms with Crippen LogP contribution in [0.15, 0.2) is 17.8 Å². The molecule has 0 unspecified atom stereocenters. The highest BCUT2D eigenvalue weighted by molar-refractivity contribution is 7.91. The number of piperazine rings is 1. The molecule has 7 nitrogen and oxygen atoms in total. The predicted octanol–water partition coefficient (Wildman–Crippen LogP) is -0.0510. The number of carbonyl (C=O) groups excluding carboxylic acids is 1. The fraction of sp³-hybridized carbons (Fsp3) is 0.538. The van der Waals surface area contributed by atoms with E-state index in [1.165, 1.54) is 11.3 Å². The Labute approximate surface area is 132 Å². The summed E-state index contributed by atoms with van der Waals surface area (Å²) in [5, 5.41) is 1.91. The first-order valence-corrected chi connectivity index (χ1v) is 9.78. The van der Waals surface area contributed by atoms with Gasteiger partial charge in [0.05, 0.1) is 17.5 Å². The Morgan fingerprint density at radius 1 is 1.32 bits per heavy atom. The van der Waals surface area contributed by atoms with Gasteiger partial charge >= 0.3 is 0 Å². The van der Waals surface area contributed by atoms with Gasteiger partial charge in [-0.05, 0) is 7.05 Å². The highest BCUT2D eigenvalue weighted by atomic mass is 32.2. The number of thiazole rings is 1. The van der Waals surface area contributed by atoms with Crippen molar-refractivity contribution in [1.82, 2.24) is 19.2 Å². The second-order valence-electron chi connectivity index (χ2n) is 5.91. The second kappa shape index (κ2) is 4.77.